The Morgan fingerprint density at radius 1 is 1.17 bits per heavy atom. The van der Waals surface area contributed by atoms with Crippen LogP contribution in [0.2, 0.25) is 0 Å². The van der Waals surface area contributed by atoms with Crippen molar-refractivity contribution in [2.45, 2.75) is 19.6 Å². The molecule has 0 spiro atoms. The molecule has 0 amide bonds. The number of halogens is 2. The van der Waals surface area contributed by atoms with Crippen LogP contribution in [0.4, 0.5) is 14.5 Å². The third kappa shape index (κ3) is 4.48. The van der Waals surface area contributed by atoms with Crippen molar-refractivity contribution in [3.63, 3.8) is 0 Å². The number of nitrogens with zero attached hydrogens (tertiary/aromatic N) is 1. The molecule has 0 unspecified atom stereocenters. The monoisotopic (exact) mass is 337 g/mol. The molecule has 0 aliphatic carbocycles. The lowest BCUT2D eigenvalue weighted by Gasteiger charge is -2.13. The fraction of sp³-hybridized carbons (Fsp3) is 0.188. The molecule has 0 aromatic heterocycles. The van der Waals surface area contributed by atoms with Gasteiger partial charge < -0.3 is 9.47 Å². The summed E-state index contributed by atoms with van der Waals surface area (Å²) in [4.78, 5) is 22.3. The Bertz CT molecular complexity index is 734. The lowest BCUT2D eigenvalue weighted by atomic mass is 10.1. The van der Waals surface area contributed by atoms with E-state index >= 15 is 0 Å². The molecule has 2 rings (SSSR count). The molecule has 0 heterocycles. The topological polar surface area (TPSA) is 78.7 Å². The summed E-state index contributed by atoms with van der Waals surface area (Å²) in [6.45, 7) is -1.37. The van der Waals surface area contributed by atoms with Gasteiger partial charge in [0.05, 0.1) is 10.5 Å². The van der Waals surface area contributed by atoms with E-state index < -0.39 is 23.6 Å². The second-order valence-electron chi connectivity index (χ2n) is 4.80. The van der Waals surface area contributed by atoms with Crippen LogP contribution in [-0.2, 0) is 4.74 Å². The number of carbonyl (C=O) groups is 1. The molecule has 0 aliphatic heterocycles. The van der Waals surface area contributed by atoms with Gasteiger partial charge in [0.25, 0.3) is 5.69 Å². The average Bonchev–Trinajstić information content (AvgIpc) is 2.55. The Kier molecular flexibility index (Phi) is 5.41. The smallest absolute Gasteiger partial charge is 0.387 e. The number of carbonyl (C=O) groups excluding carboxylic acids is 1. The van der Waals surface area contributed by atoms with Crippen molar-refractivity contribution in [3.8, 4) is 5.75 Å². The van der Waals surface area contributed by atoms with Gasteiger partial charge in [0.1, 0.15) is 11.9 Å². The first-order chi connectivity index (χ1) is 11.4. The van der Waals surface area contributed by atoms with Gasteiger partial charge in [0.2, 0.25) is 0 Å². The molecular formula is C16H13F2NO5. The number of alkyl halides is 2. The third-order valence-electron chi connectivity index (χ3n) is 3.15. The van der Waals surface area contributed by atoms with Crippen LogP contribution < -0.4 is 4.74 Å². The Labute approximate surface area is 135 Å². The first-order valence-corrected chi connectivity index (χ1v) is 6.87. The Balaban J connectivity index is 2.05. The van der Waals surface area contributed by atoms with Gasteiger partial charge >= 0.3 is 12.6 Å². The van der Waals surface area contributed by atoms with Gasteiger partial charge in [-0.25, -0.2) is 4.79 Å². The number of nitro benzene ring substituents is 1. The Hall–Kier alpha value is -3.03. The number of esters is 1. The predicted molar refractivity (Wildman–Crippen MR) is 80.0 cm³/mol. The van der Waals surface area contributed by atoms with E-state index in [-0.39, 0.29) is 17.0 Å². The zero-order valence-corrected chi connectivity index (χ0v) is 12.5. The summed E-state index contributed by atoms with van der Waals surface area (Å²) in [5.41, 5.74) is 0.507. The summed E-state index contributed by atoms with van der Waals surface area (Å²) < 4.78 is 33.5. The zero-order chi connectivity index (χ0) is 17.7. The summed E-state index contributed by atoms with van der Waals surface area (Å²) in [6, 6.07) is 10.8. The summed E-state index contributed by atoms with van der Waals surface area (Å²) in [5, 5.41) is 10.8. The minimum absolute atomic E-state index is 0.0757. The molecule has 126 valence electrons. The Morgan fingerprint density at radius 3 is 2.42 bits per heavy atom. The molecule has 0 N–H and O–H groups in total. The van der Waals surface area contributed by atoms with Crippen LogP contribution in [-0.4, -0.2) is 17.5 Å². The summed E-state index contributed by atoms with van der Waals surface area (Å²) in [7, 11) is 0. The molecular weight excluding hydrogens is 324 g/mol. The molecule has 0 aliphatic rings. The minimum atomic E-state index is -2.95. The maximum absolute atomic E-state index is 12.1. The van der Waals surface area contributed by atoms with Crippen molar-refractivity contribution in [1.82, 2.24) is 0 Å². The second-order valence-corrected chi connectivity index (χ2v) is 4.80. The fourth-order valence-electron chi connectivity index (χ4n) is 1.96. The van der Waals surface area contributed by atoms with Crippen LogP contribution in [0.25, 0.3) is 0 Å². The SMILES string of the molecule is C[C@@H](OC(=O)c1ccc(OC(F)F)cc1)c1cccc([N+](=O)[O-])c1. The normalized spacial score (nSPS) is 11.8. The van der Waals surface area contributed by atoms with Crippen LogP contribution in [0.5, 0.6) is 5.75 Å². The zero-order valence-electron chi connectivity index (χ0n) is 12.5. The number of non-ortho nitro benzene ring substituents is 1. The second kappa shape index (κ2) is 7.49. The molecule has 0 fully saturated rings. The van der Waals surface area contributed by atoms with E-state index in [1.807, 2.05) is 0 Å². The highest BCUT2D eigenvalue weighted by atomic mass is 19.3. The van der Waals surface area contributed by atoms with Crippen LogP contribution in [0, 0.1) is 10.1 Å². The lowest BCUT2D eigenvalue weighted by Crippen LogP contribution is -2.09. The van der Waals surface area contributed by atoms with Crippen molar-refractivity contribution in [2.75, 3.05) is 0 Å². The van der Waals surface area contributed by atoms with E-state index in [1.165, 1.54) is 42.5 Å². The molecule has 24 heavy (non-hydrogen) atoms. The molecule has 0 bridgehead atoms. The van der Waals surface area contributed by atoms with Crippen molar-refractivity contribution in [2.24, 2.45) is 0 Å². The van der Waals surface area contributed by atoms with E-state index in [4.69, 9.17) is 4.74 Å². The van der Waals surface area contributed by atoms with E-state index in [2.05, 4.69) is 4.74 Å². The fourth-order valence-corrected chi connectivity index (χ4v) is 1.96. The molecule has 2 aromatic rings. The molecule has 0 radical (unpaired) electrons. The molecule has 8 heteroatoms. The van der Waals surface area contributed by atoms with Gasteiger partial charge in [-0.2, -0.15) is 8.78 Å². The highest BCUT2D eigenvalue weighted by molar-refractivity contribution is 5.89. The lowest BCUT2D eigenvalue weighted by molar-refractivity contribution is -0.385. The third-order valence-corrected chi connectivity index (χ3v) is 3.15. The number of ether oxygens (including phenoxy) is 2. The molecule has 1 atom stereocenters. The number of benzene rings is 2. The van der Waals surface area contributed by atoms with E-state index in [0.717, 1.165) is 0 Å². The van der Waals surface area contributed by atoms with E-state index in [9.17, 15) is 23.7 Å². The van der Waals surface area contributed by atoms with Gasteiger partial charge in [-0.1, -0.05) is 12.1 Å². The highest BCUT2D eigenvalue weighted by Gasteiger charge is 2.16. The van der Waals surface area contributed by atoms with Crippen LogP contribution in [0.3, 0.4) is 0 Å². The largest absolute Gasteiger partial charge is 0.454 e. The van der Waals surface area contributed by atoms with E-state index in [0.29, 0.717) is 5.56 Å². The van der Waals surface area contributed by atoms with Crippen molar-refractivity contribution in [1.29, 1.82) is 0 Å². The van der Waals surface area contributed by atoms with Gasteiger partial charge in [-0.3, -0.25) is 10.1 Å². The first-order valence-electron chi connectivity index (χ1n) is 6.87. The van der Waals surface area contributed by atoms with Gasteiger partial charge in [0, 0.05) is 12.1 Å². The number of rotatable bonds is 6. The van der Waals surface area contributed by atoms with Gasteiger partial charge in [0.15, 0.2) is 0 Å². The molecule has 0 saturated carbocycles. The summed E-state index contributed by atoms with van der Waals surface area (Å²) in [6.07, 6.45) is -0.714. The highest BCUT2D eigenvalue weighted by Crippen LogP contribution is 2.23. The predicted octanol–water partition coefficient (Wildman–Crippen LogP) is 4.11. The first kappa shape index (κ1) is 17.3. The van der Waals surface area contributed by atoms with Crippen LogP contribution >= 0.6 is 0 Å². The van der Waals surface area contributed by atoms with E-state index in [1.54, 1.807) is 13.0 Å². The summed E-state index contributed by atoms with van der Waals surface area (Å²) in [5.74, 6) is -0.758. The molecule has 0 saturated heterocycles. The number of hydrogen-bond acceptors (Lipinski definition) is 5. The van der Waals surface area contributed by atoms with Crippen molar-refractivity contribution >= 4 is 11.7 Å². The number of nitro groups is 1. The Morgan fingerprint density at radius 2 is 1.83 bits per heavy atom. The molecule has 6 nitrogen and oxygen atoms in total. The number of hydrogen-bond donors (Lipinski definition) is 0. The standard InChI is InChI=1S/C16H13F2NO5/c1-10(12-3-2-4-13(9-12)19(21)22)23-15(20)11-5-7-14(8-6-11)24-16(17)18/h2-10,16H,1H3/t10-/m1/s1. The van der Waals surface area contributed by atoms with Crippen LogP contribution in [0.1, 0.15) is 28.9 Å². The average molecular weight is 337 g/mol. The quantitative estimate of drug-likeness (QED) is 0.450. The summed E-state index contributed by atoms with van der Waals surface area (Å²) >= 11 is 0. The molecule has 2 aromatic carbocycles. The van der Waals surface area contributed by atoms with Crippen molar-refractivity contribution in [3.05, 3.63) is 69.8 Å². The van der Waals surface area contributed by atoms with Gasteiger partial charge in [-0.15, -0.1) is 0 Å². The van der Waals surface area contributed by atoms with Gasteiger partial charge in [-0.05, 0) is 36.8 Å². The maximum Gasteiger partial charge on any atom is 0.387 e. The van der Waals surface area contributed by atoms with Crippen LogP contribution in [0.15, 0.2) is 48.5 Å². The minimum Gasteiger partial charge on any atom is -0.454 e. The van der Waals surface area contributed by atoms with Crippen molar-refractivity contribution < 1.29 is 28.0 Å². The maximum atomic E-state index is 12.1.